The van der Waals surface area contributed by atoms with Gasteiger partial charge in [0.15, 0.2) is 0 Å². The summed E-state index contributed by atoms with van der Waals surface area (Å²) in [4.78, 5) is 0. The van der Waals surface area contributed by atoms with Gasteiger partial charge in [-0.2, -0.15) is 0 Å². The van der Waals surface area contributed by atoms with E-state index in [0.29, 0.717) is 0 Å². The molecule has 0 amide bonds. The molecule has 0 unspecified atom stereocenters. The number of hydrogen-bond acceptors (Lipinski definition) is 0. The van der Waals surface area contributed by atoms with Crippen LogP contribution in [0.3, 0.4) is 0 Å². The molecule has 1 aliphatic carbocycles. The molecular weight excluding hydrogens is 288 g/mol. The first kappa shape index (κ1) is 14.9. The van der Waals surface area contributed by atoms with Crippen molar-refractivity contribution in [3.8, 4) is 0 Å². The minimum absolute atomic E-state index is 0.788. The fraction of sp³-hybridized carbons (Fsp3) is 0.143. The molecular formula is C21H19Cl. The van der Waals surface area contributed by atoms with Gasteiger partial charge in [0.2, 0.25) is 0 Å². The molecule has 0 nitrogen and oxygen atoms in total. The molecule has 0 aromatic heterocycles. The van der Waals surface area contributed by atoms with Crippen molar-refractivity contribution in [3.05, 3.63) is 93.4 Å². The lowest BCUT2D eigenvalue weighted by molar-refractivity contribution is 1.17. The standard InChI is InChI=1S/C21H19Cl/c1-15-11-12-18(21(22)13-15)14-16(2)19-9-5-3-7-17-8-4-6-10-20(17)19/h3-8,10-13H,2,9,14H2,1H3. The van der Waals surface area contributed by atoms with Crippen molar-refractivity contribution < 1.29 is 0 Å². The van der Waals surface area contributed by atoms with Crippen LogP contribution in [0.1, 0.15) is 17.5 Å². The molecule has 22 heavy (non-hydrogen) atoms. The zero-order valence-corrected chi connectivity index (χ0v) is 13.5. The predicted octanol–water partition coefficient (Wildman–Crippen LogP) is 4.34. The summed E-state index contributed by atoms with van der Waals surface area (Å²) in [6.07, 6.45) is 8.18. The Labute approximate surface area is 136 Å². The van der Waals surface area contributed by atoms with Crippen LogP contribution < -0.4 is 10.4 Å². The van der Waals surface area contributed by atoms with Gasteiger partial charge >= 0.3 is 0 Å². The van der Waals surface area contributed by atoms with E-state index in [1.165, 1.54) is 21.6 Å². The van der Waals surface area contributed by atoms with Gasteiger partial charge in [-0.15, -0.1) is 0 Å². The summed E-state index contributed by atoms with van der Waals surface area (Å²) >= 11 is 6.37. The maximum Gasteiger partial charge on any atom is 0.0444 e. The Morgan fingerprint density at radius 3 is 2.82 bits per heavy atom. The summed E-state index contributed by atoms with van der Waals surface area (Å²) in [5.41, 5.74) is 4.76. The van der Waals surface area contributed by atoms with Gasteiger partial charge < -0.3 is 0 Å². The van der Waals surface area contributed by atoms with Crippen LogP contribution in [0.4, 0.5) is 0 Å². The summed E-state index contributed by atoms with van der Waals surface area (Å²) in [6, 6.07) is 14.7. The lowest BCUT2D eigenvalue weighted by Gasteiger charge is -2.11. The number of aryl methyl sites for hydroxylation is 1. The van der Waals surface area contributed by atoms with Crippen LogP contribution in [0.15, 0.2) is 66.8 Å². The minimum Gasteiger partial charge on any atom is -0.0952 e. The molecule has 0 bridgehead atoms. The van der Waals surface area contributed by atoms with Crippen molar-refractivity contribution in [2.24, 2.45) is 0 Å². The van der Waals surface area contributed by atoms with E-state index >= 15 is 0 Å². The van der Waals surface area contributed by atoms with Gasteiger partial charge in [0.25, 0.3) is 0 Å². The average Bonchev–Trinajstić information content (AvgIpc) is 2.72. The van der Waals surface area contributed by atoms with Crippen molar-refractivity contribution in [1.29, 1.82) is 0 Å². The van der Waals surface area contributed by atoms with E-state index in [2.05, 4.69) is 68.1 Å². The largest absolute Gasteiger partial charge is 0.0952 e. The van der Waals surface area contributed by atoms with Crippen LogP contribution in [0, 0.1) is 6.92 Å². The number of rotatable bonds is 3. The molecule has 1 heteroatoms. The summed E-state index contributed by atoms with van der Waals surface area (Å²) in [5, 5.41) is 3.36. The van der Waals surface area contributed by atoms with E-state index in [4.69, 9.17) is 11.6 Å². The average molecular weight is 307 g/mol. The molecule has 0 spiro atoms. The van der Waals surface area contributed by atoms with Gasteiger partial charge in [-0.05, 0) is 58.5 Å². The normalized spacial score (nSPS) is 13.3. The lowest BCUT2D eigenvalue weighted by Crippen LogP contribution is -2.26. The molecule has 0 aliphatic heterocycles. The van der Waals surface area contributed by atoms with Gasteiger partial charge in [0.05, 0.1) is 0 Å². The van der Waals surface area contributed by atoms with Crippen molar-refractivity contribution >= 4 is 23.3 Å². The molecule has 110 valence electrons. The molecule has 2 aromatic rings. The van der Waals surface area contributed by atoms with Gasteiger partial charge in [-0.25, -0.2) is 0 Å². The molecule has 0 saturated carbocycles. The molecule has 1 aliphatic rings. The topological polar surface area (TPSA) is 0 Å². The molecule has 0 heterocycles. The smallest absolute Gasteiger partial charge is 0.0444 e. The van der Waals surface area contributed by atoms with E-state index < -0.39 is 0 Å². The van der Waals surface area contributed by atoms with E-state index in [-0.39, 0.29) is 0 Å². The second-order valence-corrected chi connectivity index (χ2v) is 6.15. The first-order chi connectivity index (χ1) is 10.6. The third-order valence-corrected chi connectivity index (χ3v) is 4.41. The first-order valence-electron chi connectivity index (χ1n) is 7.53. The van der Waals surface area contributed by atoms with Crippen molar-refractivity contribution in [2.75, 3.05) is 0 Å². The maximum absolute atomic E-state index is 6.37. The maximum atomic E-state index is 6.37. The van der Waals surface area contributed by atoms with Crippen LogP contribution in [-0.4, -0.2) is 0 Å². The fourth-order valence-corrected chi connectivity index (χ4v) is 3.15. The third-order valence-electron chi connectivity index (χ3n) is 4.06. The monoisotopic (exact) mass is 306 g/mol. The van der Waals surface area contributed by atoms with Gasteiger partial charge in [0.1, 0.15) is 0 Å². The second-order valence-electron chi connectivity index (χ2n) is 5.74. The highest BCUT2D eigenvalue weighted by molar-refractivity contribution is 6.31. The molecule has 3 rings (SSSR count). The molecule has 2 aromatic carbocycles. The third kappa shape index (κ3) is 3.08. The van der Waals surface area contributed by atoms with Crippen molar-refractivity contribution in [3.63, 3.8) is 0 Å². The fourth-order valence-electron chi connectivity index (χ4n) is 2.85. The van der Waals surface area contributed by atoms with Gasteiger partial charge in [-0.3, -0.25) is 0 Å². The summed E-state index contributed by atoms with van der Waals surface area (Å²) in [5.74, 6) is 0. The SMILES string of the molecule is C=C(Cc1ccc(C)cc1Cl)C1=c2ccccc2=CC=CC1. The quantitative estimate of drug-likeness (QED) is 0.791. The Kier molecular flexibility index (Phi) is 4.31. The summed E-state index contributed by atoms with van der Waals surface area (Å²) < 4.78 is 0. The Morgan fingerprint density at radius 2 is 2.00 bits per heavy atom. The highest BCUT2D eigenvalue weighted by Crippen LogP contribution is 2.24. The van der Waals surface area contributed by atoms with Crippen LogP contribution in [-0.2, 0) is 6.42 Å². The number of fused-ring (bicyclic) bond motifs is 1. The Morgan fingerprint density at radius 1 is 1.18 bits per heavy atom. The Balaban J connectivity index is 2.02. The predicted molar refractivity (Wildman–Crippen MR) is 96.4 cm³/mol. The number of allylic oxidation sites excluding steroid dienone is 3. The van der Waals surface area contributed by atoms with Gasteiger partial charge in [0, 0.05) is 5.02 Å². The Hall–Kier alpha value is -2.05. The molecule has 0 atom stereocenters. The molecule has 0 N–H and O–H groups in total. The highest BCUT2D eigenvalue weighted by Gasteiger charge is 2.09. The van der Waals surface area contributed by atoms with Crippen LogP contribution in [0.2, 0.25) is 5.02 Å². The Bertz CT molecular complexity index is 869. The van der Waals surface area contributed by atoms with E-state index in [9.17, 15) is 0 Å². The molecule has 0 fully saturated rings. The lowest BCUT2D eigenvalue weighted by atomic mass is 9.95. The van der Waals surface area contributed by atoms with Crippen molar-refractivity contribution in [1.82, 2.24) is 0 Å². The van der Waals surface area contributed by atoms with E-state index in [1.807, 2.05) is 6.07 Å². The van der Waals surface area contributed by atoms with E-state index in [0.717, 1.165) is 29.0 Å². The second kappa shape index (κ2) is 6.37. The first-order valence-corrected chi connectivity index (χ1v) is 7.91. The molecule has 0 saturated heterocycles. The van der Waals surface area contributed by atoms with Crippen LogP contribution >= 0.6 is 11.6 Å². The minimum atomic E-state index is 0.788. The van der Waals surface area contributed by atoms with E-state index in [1.54, 1.807) is 0 Å². The molecule has 0 radical (unpaired) electrons. The summed E-state index contributed by atoms with van der Waals surface area (Å²) in [7, 11) is 0. The summed E-state index contributed by atoms with van der Waals surface area (Å²) in [6.45, 7) is 6.39. The number of hydrogen-bond donors (Lipinski definition) is 0. The van der Waals surface area contributed by atoms with Crippen LogP contribution in [0.5, 0.6) is 0 Å². The van der Waals surface area contributed by atoms with Crippen LogP contribution in [0.25, 0.3) is 11.6 Å². The number of halogens is 1. The number of benzene rings is 2. The van der Waals surface area contributed by atoms with Crippen molar-refractivity contribution in [2.45, 2.75) is 19.8 Å². The van der Waals surface area contributed by atoms with Gasteiger partial charge in [-0.1, -0.05) is 72.8 Å². The zero-order chi connectivity index (χ0) is 15.5. The highest BCUT2D eigenvalue weighted by atomic mass is 35.5. The zero-order valence-electron chi connectivity index (χ0n) is 12.8.